The monoisotopic (exact) mass is 260 g/mol. The number of nitrogen functional groups attached to an aromatic ring is 1. The van der Waals surface area contributed by atoms with Gasteiger partial charge in [-0.2, -0.15) is 19.5 Å². The van der Waals surface area contributed by atoms with Gasteiger partial charge in [0.1, 0.15) is 0 Å². The predicted octanol–water partition coefficient (Wildman–Crippen LogP) is -0.268. The zero-order valence-corrected chi connectivity index (χ0v) is 9.95. The Bertz CT molecular complexity index is 689. The Hall–Kier alpha value is -2.68. The average molecular weight is 260 g/mol. The van der Waals surface area contributed by atoms with Crippen molar-refractivity contribution in [3.05, 3.63) is 18.4 Å². The second kappa shape index (κ2) is 4.53. The third kappa shape index (κ3) is 2.06. The molecule has 9 nitrogen and oxygen atoms in total. The largest absolute Gasteiger partial charge is 0.461 e. The first kappa shape index (κ1) is 11.4. The van der Waals surface area contributed by atoms with Gasteiger partial charge in [-0.05, 0) is 12.1 Å². The maximum absolute atomic E-state index is 5.80. The van der Waals surface area contributed by atoms with Gasteiger partial charge in [0.2, 0.25) is 17.7 Å². The summed E-state index contributed by atoms with van der Waals surface area (Å²) in [5.74, 6) is 1.85. The van der Waals surface area contributed by atoms with E-state index >= 15 is 0 Å². The summed E-state index contributed by atoms with van der Waals surface area (Å²) in [5.41, 5.74) is 11.2. The lowest BCUT2D eigenvalue weighted by molar-refractivity contribution is 0.577. The Morgan fingerprint density at radius 2 is 2.21 bits per heavy atom. The van der Waals surface area contributed by atoms with Crippen LogP contribution in [0.15, 0.2) is 22.8 Å². The highest BCUT2D eigenvalue weighted by Crippen LogP contribution is 2.17. The standard InChI is InChI=1S/C10H12N8O/c11-3-4-13-9-15-8(12)18-10(16-9)14-7(17-18)6-2-1-5-19-6/h1-2,5H,3-4,11H2,(H3,12,13,14,15,16,17). The quantitative estimate of drug-likeness (QED) is 0.583. The molecule has 98 valence electrons. The molecule has 3 rings (SSSR count). The number of furan rings is 1. The van der Waals surface area contributed by atoms with E-state index in [9.17, 15) is 0 Å². The first-order valence-electron chi connectivity index (χ1n) is 5.66. The van der Waals surface area contributed by atoms with Gasteiger partial charge in [-0.1, -0.05) is 0 Å². The molecule has 0 spiro atoms. The summed E-state index contributed by atoms with van der Waals surface area (Å²) in [5, 5.41) is 7.13. The number of rotatable bonds is 4. The zero-order valence-electron chi connectivity index (χ0n) is 9.95. The molecule has 0 saturated carbocycles. The lowest BCUT2D eigenvalue weighted by Crippen LogP contribution is -2.16. The topological polar surface area (TPSA) is 133 Å². The maximum atomic E-state index is 5.80. The minimum Gasteiger partial charge on any atom is -0.461 e. The van der Waals surface area contributed by atoms with Crippen molar-refractivity contribution in [2.24, 2.45) is 5.73 Å². The lowest BCUT2D eigenvalue weighted by Gasteiger charge is -2.03. The summed E-state index contributed by atoms with van der Waals surface area (Å²) in [6, 6.07) is 3.51. The molecule has 0 amide bonds. The smallest absolute Gasteiger partial charge is 0.259 e. The normalized spacial score (nSPS) is 11.0. The summed E-state index contributed by atoms with van der Waals surface area (Å²) in [6.45, 7) is 1.02. The van der Waals surface area contributed by atoms with Crippen LogP contribution in [0.2, 0.25) is 0 Å². The third-order valence-electron chi connectivity index (χ3n) is 2.40. The first-order valence-corrected chi connectivity index (χ1v) is 5.66. The second-order valence-electron chi connectivity index (χ2n) is 3.75. The van der Waals surface area contributed by atoms with Crippen molar-refractivity contribution in [3.8, 4) is 11.6 Å². The summed E-state index contributed by atoms with van der Waals surface area (Å²) in [7, 11) is 0. The maximum Gasteiger partial charge on any atom is 0.259 e. The van der Waals surface area contributed by atoms with E-state index in [1.807, 2.05) is 0 Å². The third-order valence-corrected chi connectivity index (χ3v) is 2.40. The van der Waals surface area contributed by atoms with Crippen LogP contribution in [0.3, 0.4) is 0 Å². The molecular weight excluding hydrogens is 248 g/mol. The van der Waals surface area contributed by atoms with Gasteiger partial charge in [0, 0.05) is 13.1 Å². The molecule has 0 radical (unpaired) electrons. The fourth-order valence-corrected chi connectivity index (χ4v) is 1.58. The Balaban J connectivity index is 2.04. The molecule has 3 heterocycles. The Morgan fingerprint density at radius 3 is 2.95 bits per heavy atom. The molecular formula is C10H12N8O. The first-order chi connectivity index (χ1) is 9.28. The summed E-state index contributed by atoms with van der Waals surface area (Å²) in [6.07, 6.45) is 1.55. The van der Waals surface area contributed by atoms with E-state index in [2.05, 4.69) is 25.4 Å². The number of hydrogen-bond acceptors (Lipinski definition) is 8. The fourth-order valence-electron chi connectivity index (χ4n) is 1.58. The van der Waals surface area contributed by atoms with Crippen molar-refractivity contribution in [1.82, 2.24) is 24.6 Å². The van der Waals surface area contributed by atoms with E-state index in [1.54, 1.807) is 18.4 Å². The zero-order chi connectivity index (χ0) is 13.2. The van der Waals surface area contributed by atoms with Crippen LogP contribution in [0.25, 0.3) is 17.4 Å². The van der Waals surface area contributed by atoms with Crippen LogP contribution in [0.5, 0.6) is 0 Å². The van der Waals surface area contributed by atoms with E-state index in [-0.39, 0.29) is 5.95 Å². The number of nitrogens with zero attached hydrogens (tertiary/aromatic N) is 5. The molecule has 0 saturated heterocycles. The average Bonchev–Trinajstić information content (AvgIpc) is 3.04. The number of fused-ring (bicyclic) bond motifs is 1. The molecule has 0 aromatic carbocycles. The predicted molar refractivity (Wildman–Crippen MR) is 68.2 cm³/mol. The number of hydrogen-bond donors (Lipinski definition) is 3. The van der Waals surface area contributed by atoms with Gasteiger partial charge >= 0.3 is 0 Å². The molecule has 0 aliphatic heterocycles. The molecule has 0 bridgehead atoms. The van der Waals surface area contributed by atoms with Crippen molar-refractivity contribution in [2.75, 3.05) is 24.1 Å². The molecule has 0 aliphatic carbocycles. The van der Waals surface area contributed by atoms with E-state index in [0.717, 1.165) is 0 Å². The van der Waals surface area contributed by atoms with Gasteiger partial charge in [-0.15, -0.1) is 5.10 Å². The van der Waals surface area contributed by atoms with E-state index in [1.165, 1.54) is 4.52 Å². The van der Waals surface area contributed by atoms with Crippen LogP contribution < -0.4 is 16.8 Å². The van der Waals surface area contributed by atoms with Crippen molar-refractivity contribution >= 4 is 17.7 Å². The van der Waals surface area contributed by atoms with Gasteiger partial charge in [0.25, 0.3) is 5.78 Å². The van der Waals surface area contributed by atoms with Crippen LogP contribution >= 0.6 is 0 Å². The molecule has 3 aromatic heterocycles. The number of nitrogens with two attached hydrogens (primary N) is 2. The molecule has 0 fully saturated rings. The molecule has 19 heavy (non-hydrogen) atoms. The number of anilines is 2. The molecule has 0 atom stereocenters. The van der Waals surface area contributed by atoms with Crippen LogP contribution in [0.4, 0.5) is 11.9 Å². The van der Waals surface area contributed by atoms with Crippen LogP contribution in [0.1, 0.15) is 0 Å². The fraction of sp³-hybridized carbons (Fsp3) is 0.200. The van der Waals surface area contributed by atoms with Crippen LogP contribution in [-0.4, -0.2) is 37.7 Å². The molecule has 3 aromatic rings. The SMILES string of the molecule is NCCNc1nc(N)n2nc(-c3ccco3)nc2n1. The number of nitrogens with one attached hydrogen (secondary N) is 1. The Labute approximate surface area is 107 Å². The van der Waals surface area contributed by atoms with Crippen molar-refractivity contribution < 1.29 is 4.42 Å². The van der Waals surface area contributed by atoms with E-state index < -0.39 is 0 Å². The minimum absolute atomic E-state index is 0.190. The van der Waals surface area contributed by atoms with Gasteiger partial charge < -0.3 is 21.2 Å². The van der Waals surface area contributed by atoms with Gasteiger partial charge in [-0.25, -0.2) is 0 Å². The second-order valence-corrected chi connectivity index (χ2v) is 3.75. The van der Waals surface area contributed by atoms with Crippen molar-refractivity contribution in [1.29, 1.82) is 0 Å². The summed E-state index contributed by atoms with van der Waals surface area (Å²) >= 11 is 0. The highest BCUT2D eigenvalue weighted by molar-refractivity contribution is 5.52. The minimum atomic E-state index is 0.190. The van der Waals surface area contributed by atoms with E-state index in [4.69, 9.17) is 15.9 Å². The van der Waals surface area contributed by atoms with Gasteiger partial charge in [0.15, 0.2) is 5.76 Å². The van der Waals surface area contributed by atoms with E-state index in [0.29, 0.717) is 36.4 Å². The Morgan fingerprint density at radius 1 is 1.32 bits per heavy atom. The Kier molecular flexibility index (Phi) is 2.72. The molecule has 0 aliphatic rings. The van der Waals surface area contributed by atoms with Crippen LogP contribution in [0, 0.1) is 0 Å². The van der Waals surface area contributed by atoms with Crippen molar-refractivity contribution in [3.63, 3.8) is 0 Å². The highest BCUT2D eigenvalue weighted by atomic mass is 16.3. The molecule has 5 N–H and O–H groups in total. The van der Waals surface area contributed by atoms with Gasteiger partial charge in [-0.3, -0.25) is 0 Å². The molecule has 0 unspecified atom stereocenters. The number of aromatic nitrogens is 5. The van der Waals surface area contributed by atoms with Crippen LogP contribution in [-0.2, 0) is 0 Å². The highest BCUT2D eigenvalue weighted by Gasteiger charge is 2.13. The summed E-state index contributed by atoms with van der Waals surface area (Å²) in [4.78, 5) is 12.5. The van der Waals surface area contributed by atoms with Gasteiger partial charge in [0.05, 0.1) is 6.26 Å². The molecule has 9 heteroatoms. The lowest BCUT2D eigenvalue weighted by atomic mass is 10.4. The summed E-state index contributed by atoms with van der Waals surface area (Å²) < 4.78 is 6.58. The van der Waals surface area contributed by atoms with Crippen molar-refractivity contribution in [2.45, 2.75) is 0 Å².